The second kappa shape index (κ2) is 6.02. The molecule has 1 aromatic carbocycles. The third-order valence-electron chi connectivity index (χ3n) is 3.91. The number of halogens is 1. The van der Waals surface area contributed by atoms with Crippen LogP contribution < -0.4 is 15.4 Å². The average Bonchev–Trinajstić information content (AvgIpc) is 3.17. The first kappa shape index (κ1) is 14.8. The Morgan fingerprint density at radius 3 is 3.00 bits per heavy atom. The number of benzene rings is 1. The van der Waals surface area contributed by atoms with Crippen LogP contribution in [0, 0.1) is 0 Å². The van der Waals surface area contributed by atoms with Gasteiger partial charge in [-0.3, -0.25) is 4.99 Å². The molecule has 1 aliphatic heterocycles. The molecule has 5 nitrogen and oxygen atoms in total. The van der Waals surface area contributed by atoms with Gasteiger partial charge >= 0.3 is 0 Å². The number of hydrogen-bond donors (Lipinski definition) is 2. The lowest BCUT2D eigenvalue weighted by atomic mass is 10.2. The molecule has 1 saturated carbocycles. The minimum absolute atomic E-state index is 0.303. The molecule has 1 aliphatic carbocycles. The predicted molar refractivity (Wildman–Crippen MR) is 93.7 cm³/mol. The van der Waals surface area contributed by atoms with Crippen LogP contribution in [0.3, 0.4) is 0 Å². The molecule has 0 bridgehead atoms. The Kier molecular flexibility index (Phi) is 3.87. The van der Waals surface area contributed by atoms with Crippen LogP contribution in [-0.2, 0) is 5.60 Å². The van der Waals surface area contributed by atoms with Gasteiger partial charge in [-0.2, -0.15) is 0 Å². The summed E-state index contributed by atoms with van der Waals surface area (Å²) in [5.41, 5.74) is 0.671. The molecule has 0 amide bonds. The first-order valence-electron chi connectivity index (χ1n) is 7.69. The van der Waals surface area contributed by atoms with Gasteiger partial charge in [-0.1, -0.05) is 17.7 Å². The van der Waals surface area contributed by atoms with Gasteiger partial charge in [0.05, 0.1) is 5.69 Å². The second-order valence-electron chi connectivity index (χ2n) is 5.73. The van der Waals surface area contributed by atoms with Gasteiger partial charge in [-0.25, -0.2) is 4.98 Å². The number of rotatable bonds is 4. The van der Waals surface area contributed by atoms with Crippen LogP contribution in [0.1, 0.15) is 25.0 Å². The van der Waals surface area contributed by atoms with Gasteiger partial charge in [0.2, 0.25) is 0 Å². The lowest BCUT2D eigenvalue weighted by Gasteiger charge is -2.16. The van der Waals surface area contributed by atoms with Crippen molar-refractivity contribution >= 4 is 34.0 Å². The summed E-state index contributed by atoms with van der Waals surface area (Å²) in [6.07, 6.45) is 3.02. The summed E-state index contributed by atoms with van der Waals surface area (Å²) in [6.45, 7) is 1.81. The average molecular weight is 349 g/mol. The van der Waals surface area contributed by atoms with Gasteiger partial charge < -0.3 is 15.4 Å². The quantitative estimate of drug-likeness (QED) is 0.885. The minimum atomic E-state index is -0.303. The Bertz CT molecular complexity index is 741. The molecular formula is C16H17ClN4OS. The summed E-state index contributed by atoms with van der Waals surface area (Å²) in [4.78, 5) is 9.09. The molecule has 2 aromatic rings. The van der Waals surface area contributed by atoms with E-state index in [1.54, 1.807) is 11.3 Å². The Balaban J connectivity index is 1.48. The fourth-order valence-corrected chi connectivity index (χ4v) is 3.52. The molecule has 1 fully saturated rings. The topological polar surface area (TPSA) is 58.5 Å². The SMILES string of the molecule is Clc1cccc(OC2(c3csc(NC4=NCCCN4)n3)CC2)c1. The molecular weight excluding hydrogens is 332 g/mol. The van der Waals surface area contributed by atoms with E-state index in [1.165, 1.54) is 0 Å². The Morgan fingerprint density at radius 1 is 1.35 bits per heavy atom. The molecule has 2 aliphatic rings. The van der Waals surface area contributed by atoms with Gasteiger partial charge in [-0.15, -0.1) is 11.3 Å². The van der Waals surface area contributed by atoms with Crippen molar-refractivity contribution in [1.82, 2.24) is 10.3 Å². The molecule has 7 heteroatoms. The maximum Gasteiger partial charge on any atom is 0.197 e. The van der Waals surface area contributed by atoms with Crippen molar-refractivity contribution in [1.29, 1.82) is 0 Å². The Labute approximate surface area is 143 Å². The van der Waals surface area contributed by atoms with Crippen LogP contribution in [0.25, 0.3) is 0 Å². The highest BCUT2D eigenvalue weighted by molar-refractivity contribution is 7.14. The summed E-state index contributed by atoms with van der Waals surface area (Å²) in [6, 6.07) is 7.51. The number of aliphatic imine (C=N–C) groups is 1. The maximum absolute atomic E-state index is 6.17. The molecule has 0 radical (unpaired) electrons. The predicted octanol–water partition coefficient (Wildman–Crippen LogP) is 3.63. The number of guanidine groups is 1. The van der Waals surface area contributed by atoms with E-state index in [-0.39, 0.29) is 5.60 Å². The Hall–Kier alpha value is -1.79. The number of hydrogen-bond acceptors (Lipinski definition) is 6. The molecule has 2 N–H and O–H groups in total. The molecule has 4 rings (SSSR count). The summed E-state index contributed by atoms with van der Waals surface area (Å²) in [5, 5.41) is 10.1. The van der Waals surface area contributed by atoms with Crippen LogP contribution in [0.2, 0.25) is 5.02 Å². The van der Waals surface area contributed by atoms with Crippen molar-refractivity contribution in [2.75, 3.05) is 18.4 Å². The van der Waals surface area contributed by atoms with Crippen LogP contribution in [-0.4, -0.2) is 24.0 Å². The number of nitrogens with one attached hydrogen (secondary N) is 2. The van der Waals surface area contributed by atoms with E-state index >= 15 is 0 Å². The molecule has 0 unspecified atom stereocenters. The third kappa shape index (κ3) is 3.28. The highest BCUT2D eigenvalue weighted by atomic mass is 35.5. The number of aromatic nitrogens is 1. The lowest BCUT2D eigenvalue weighted by Crippen LogP contribution is -2.35. The molecule has 1 aromatic heterocycles. The van der Waals surface area contributed by atoms with Crippen molar-refractivity contribution in [2.24, 2.45) is 4.99 Å². The summed E-state index contributed by atoms with van der Waals surface area (Å²) in [7, 11) is 0. The molecule has 2 heterocycles. The van der Waals surface area contributed by atoms with Gasteiger partial charge in [0, 0.05) is 23.5 Å². The van der Waals surface area contributed by atoms with Crippen molar-refractivity contribution in [3.63, 3.8) is 0 Å². The van der Waals surface area contributed by atoms with Crippen molar-refractivity contribution in [3.8, 4) is 5.75 Å². The van der Waals surface area contributed by atoms with E-state index < -0.39 is 0 Å². The van der Waals surface area contributed by atoms with Crippen molar-refractivity contribution in [2.45, 2.75) is 24.9 Å². The molecule has 0 atom stereocenters. The zero-order valence-electron chi connectivity index (χ0n) is 12.5. The smallest absolute Gasteiger partial charge is 0.197 e. The summed E-state index contributed by atoms with van der Waals surface area (Å²) >= 11 is 7.60. The van der Waals surface area contributed by atoms with Crippen molar-refractivity contribution in [3.05, 3.63) is 40.4 Å². The first-order chi connectivity index (χ1) is 11.2. The fourth-order valence-electron chi connectivity index (χ4n) is 2.54. The minimum Gasteiger partial charge on any atom is -0.481 e. The number of nitrogens with zero attached hydrogens (tertiary/aromatic N) is 2. The van der Waals surface area contributed by atoms with Crippen LogP contribution >= 0.6 is 22.9 Å². The fraction of sp³-hybridized carbons (Fsp3) is 0.375. The van der Waals surface area contributed by atoms with Crippen LogP contribution in [0.4, 0.5) is 5.13 Å². The van der Waals surface area contributed by atoms with E-state index in [0.717, 1.165) is 54.9 Å². The largest absolute Gasteiger partial charge is 0.481 e. The van der Waals surface area contributed by atoms with E-state index in [4.69, 9.17) is 16.3 Å². The molecule has 0 saturated heterocycles. The highest BCUT2D eigenvalue weighted by Gasteiger charge is 2.49. The van der Waals surface area contributed by atoms with Crippen LogP contribution in [0.5, 0.6) is 5.75 Å². The van der Waals surface area contributed by atoms with Gasteiger partial charge in [0.25, 0.3) is 0 Å². The number of anilines is 1. The van der Waals surface area contributed by atoms with E-state index in [2.05, 4.69) is 26.0 Å². The number of thiazole rings is 1. The summed E-state index contributed by atoms with van der Waals surface area (Å²) < 4.78 is 6.17. The highest BCUT2D eigenvalue weighted by Crippen LogP contribution is 2.49. The zero-order chi connectivity index (χ0) is 15.7. The standard InChI is InChI=1S/C16H17ClN4OS/c17-11-3-1-4-12(9-11)22-16(5-6-16)13-10-23-15(20-13)21-14-18-7-2-8-19-14/h1,3-4,9-10H,2,5-8H2,(H2,18,19,20,21). The van der Waals surface area contributed by atoms with Gasteiger partial charge in [0.1, 0.15) is 5.75 Å². The molecule has 120 valence electrons. The van der Waals surface area contributed by atoms with Gasteiger partial charge in [0.15, 0.2) is 16.7 Å². The monoisotopic (exact) mass is 348 g/mol. The third-order valence-corrected chi connectivity index (χ3v) is 4.90. The van der Waals surface area contributed by atoms with Gasteiger partial charge in [-0.05, 0) is 37.5 Å². The van der Waals surface area contributed by atoms with Crippen molar-refractivity contribution < 1.29 is 4.74 Å². The maximum atomic E-state index is 6.17. The normalized spacial score (nSPS) is 18.7. The van der Waals surface area contributed by atoms with E-state index in [1.807, 2.05) is 24.3 Å². The molecule has 0 spiro atoms. The molecule has 23 heavy (non-hydrogen) atoms. The first-order valence-corrected chi connectivity index (χ1v) is 8.95. The van der Waals surface area contributed by atoms with Crippen LogP contribution in [0.15, 0.2) is 34.6 Å². The zero-order valence-corrected chi connectivity index (χ0v) is 14.1. The van der Waals surface area contributed by atoms with E-state index in [9.17, 15) is 0 Å². The van der Waals surface area contributed by atoms with E-state index in [0.29, 0.717) is 5.02 Å². The summed E-state index contributed by atoms with van der Waals surface area (Å²) in [5.74, 6) is 1.59. The lowest BCUT2D eigenvalue weighted by molar-refractivity contribution is 0.177. The Morgan fingerprint density at radius 2 is 2.26 bits per heavy atom. The number of ether oxygens (including phenoxy) is 1. The second-order valence-corrected chi connectivity index (χ2v) is 7.02.